The minimum atomic E-state index is -0.893. The first-order valence-corrected chi connectivity index (χ1v) is 10.5. The second kappa shape index (κ2) is 7.78. The van der Waals surface area contributed by atoms with Crippen LogP contribution in [0.25, 0.3) is 0 Å². The molecule has 1 aromatic heterocycles. The van der Waals surface area contributed by atoms with Crippen LogP contribution in [0.2, 0.25) is 0 Å². The lowest BCUT2D eigenvalue weighted by molar-refractivity contribution is -0.137. The molecule has 1 fully saturated rings. The molecule has 3 N–H and O–H groups in total. The Hall–Kier alpha value is -2.41. The first kappa shape index (κ1) is 19.9. The van der Waals surface area contributed by atoms with E-state index in [1.165, 1.54) is 31.4 Å². The van der Waals surface area contributed by atoms with Crippen molar-refractivity contribution in [1.29, 1.82) is 0 Å². The SMILES string of the molecule is CC(C)(N)C(=O)N1CCn2c(nc(C3CCCCC3)c2Nc2ccc(F)cc2)C1. The van der Waals surface area contributed by atoms with Gasteiger partial charge in [-0.2, -0.15) is 0 Å². The Morgan fingerprint density at radius 1 is 1.17 bits per heavy atom. The lowest BCUT2D eigenvalue weighted by atomic mass is 9.87. The van der Waals surface area contributed by atoms with Crippen molar-refractivity contribution in [2.45, 2.75) is 70.5 Å². The molecule has 2 heterocycles. The van der Waals surface area contributed by atoms with Gasteiger partial charge in [-0.15, -0.1) is 0 Å². The highest BCUT2D eigenvalue weighted by Gasteiger charge is 2.33. The Balaban J connectivity index is 1.67. The van der Waals surface area contributed by atoms with Gasteiger partial charge in [0, 0.05) is 24.7 Å². The normalized spacial score (nSPS) is 17.9. The van der Waals surface area contributed by atoms with Crippen LogP contribution in [-0.4, -0.2) is 32.4 Å². The first-order chi connectivity index (χ1) is 13.8. The predicted molar refractivity (Wildman–Crippen MR) is 111 cm³/mol. The molecule has 29 heavy (non-hydrogen) atoms. The van der Waals surface area contributed by atoms with E-state index in [2.05, 4.69) is 9.88 Å². The maximum Gasteiger partial charge on any atom is 0.242 e. The fourth-order valence-corrected chi connectivity index (χ4v) is 4.39. The zero-order valence-corrected chi connectivity index (χ0v) is 17.2. The fraction of sp³-hybridized carbons (Fsp3) is 0.545. The van der Waals surface area contributed by atoms with Crippen molar-refractivity contribution < 1.29 is 9.18 Å². The second-order valence-corrected chi connectivity index (χ2v) is 8.83. The van der Waals surface area contributed by atoms with E-state index in [9.17, 15) is 9.18 Å². The van der Waals surface area contributed by atoms with E-state index < -0.39 is 5.54 Å². The number of rotatable bonds is 4. The van der Waals surface area contributed by atoms with Crippen molar-refractivity contribution in [1.82, 2.24) is 14.5 Å². The quantitative estimate of drug-likeness (QED) is 0.818. The second-order valence-electron chi connectivity index (χ2n) is 8.83. The molecular formula is C22H30FN5O. The minimum absolute atomic E-state index is 0.0565. The number of nitrogens with two attached hydrogens (primary N) is 1. The van der Waals surface area contributed by atoms with Crippen LogP contribution in [0.1, 0.15) is 63.4 Å². The molecule has 0 unspecified atom stereocenters. The number of carbonyl (C=O) groups is 1. The molecule has 2 aromatic rings. The highest BCUT2D eigenvalue weighted by atomic mass is 19.1. The zero-order valence-electron chi connectivity index (χ0n) is 17.2. The van der Waals surface area contributed by atoms with E-state index in [1.807, 2.05) is 0 Å². The summed E-state index contributed by atoms with van der Waals surface area (Å²) in [5.41, 5.74) is 7.06. The van der Waals surface area contributed by atoms with Crippen molar-refractivity contribution in [3.05, 3.63) is 41.6 Å². The number of hydrogen-bond donors (Lipinski definition) is 2. The standard InChI is InChI=1S/C22H30FN5O/c1-22(2,24)21(29)27-12-13-28-18(14-27)26-19(15-6-4-3-5-7-15)20(28)25-17-10-8-16(23)9-11-17/h8-11,15,25H,3-7,12-14,24H2,1-2H3. The molecule has 1 aliphatic carbocycles. The van der Waals surface area contributed by atoms with Crippen LogP contribution in [0.15, 0.2) is 24.3 Å². The van der Waals surface area contributed by atoms with Crippen LogP contribution in [0.5, 0.6) is 0 Å². The molecule has 6 nitrogen and oxygen atoms in total. The Labute approximate surface area is 171 Å². The predicted octanol–water partition coefficient (Wildman–Crippen LogP) is 3.89. The average molecular weight is 400 g/mol. The highest BCUT2D eigenvalue weighted by Crippen LogP contribution is 2.38. The Morgan fingerprint density at radius 2 is 1.86 bits per heavy atom. The number of hydrogen-bond acceptors (Lipinski definition) is 4. The molecule has 0 saturated heterocycles. The maximum atomic E-state index is 13.3. The van der Waals surface area contributed by atoms with Gasteiger partial charge in [0.1, 0.15) is 17.5 Å². The van der Waals surface area contributed by atoms with Crippen LogP contribution < -0.4 is 11.1 Å². The summed E-state index contributed by atoms with van der Waals surface area (Å²) in [6.45, 7) is 5.21. The highest BCUT2D eigenvalue weighted by molar-refractivity contribution is 5.85. The van der Waals surface area contributed by atoms with E-state index in [0.717, 1.165) is 35.9 Å². The summed E-state index contributed by atoms with van der Waals surface area (Å²) in [7, 11) is 0. The number of benzene rings is 1. The van der Waals surface area contributed by atoms with Crippen molar-refractivity contribution in [2.75, 3.05) is 11.9 Å². The Bertz CT molecular complexity index is 878. The third kappa shape index (κ3) is 4.15. The van der Waals surface area contributed by atoms with E-state index in [1.54, 1.807) is 30.9 Å². The Morgan fingerprint density at radius 3 is 2.52 bits per heavy atom. The largest absolute Gasteiger partial charge is 0.340 e. The molecule has 0 spiro atoms. The van der Waals surface area contributed by atoms with Crippen LogP contribution >= 0.6 is 0 Å². The summed E-state index contributed by atoms with van der Waals surface area (Å²) in [5.74, 6) is 1.98. The monoisotopic (exact) mass is 399 g/mol. The van der Waals surface area contributed by atoms with Crippen molar-refractivity contribution >= 4 is 17.4 Å². The molecule has 1 amide bonds. The van der Waals surface area contributed by atoms with Crippen LogP contribution in [-0.2, 0) is 17.9 Å². The van der Waals surface area contributed by atoms with Crippen molar-refractivity contribution in [3.8, 4) is 0 Å². The molecule has 0 bridgehead atoms. The van der Waals surface area contributed by atoms with E-state index in [-0.39, 0.29) is 11.7 Å². The summed E-state index contributed by atoms with van der Waals surface area (Å²) >= 11 is 0. The fourth-order valence-electron chi connectivity index (χ4n) is 4.39. The number of carbonyl (C=O) groups excluding carboxylic acids is 1. The average Bonchev–Trinajstić information content (AvgIpc) is 3.06. The molecular weight excluding hydrogens is 369 g/mol. The van der Waals surface area contributed by atoms with Crippen molar-refractivity contribution in [2.24, 2.45) is 5.73 Å². The zero-order chi connectivity index (χ0) is 20.6. The van der Waals surface area contributed by atoms with Gasteiger partial charge < -0.3 is 20.5 Å². The van der Waals surface area contributed by atoms with Gasteiger partial charge in [-0.05, 0) is 51.0 Å². The molecule has 7 heteroatoms. The number of aromatic nitrogens is 2. The lowest BCUT2D eigenvalue weighted by Crippen LogP contribution is -2.52. The number of nitrogens with zero attached hydrogens (tertiary/aromatic N) is 3. The van der Waals surface area contributed by atoms with Gasteiger partial charge >= 0.3 is 0 Å². The van der Waals surface area contributed by atoms with Crippen LogP contribution in [0, 0.1) is 5.82 Å². The van der Waals surface area contributed by atoms with Crippen molar-refractivity contribution in [3.63, 3.8) is 0 Å². The number of fused-ring (bicyclic) bond motifs is 1. The minimum Gasteiger partial charge on any atom is -0.340 e. The van der Waals surface area contributed by atoms with Gasteiger partial charge in [-0.25, -0.2) is 9.37 Å². The van der Waals surface area contributed by atoms with E-state index >= 15 is 0 Å². The number of nitrogens with one attached hydrogen (secondary N) is 1. The lowest BCUT2D eigenvalue weighted by Gasteiger charge is -2.33. The van der Waals surface area contributed by atoms with Crippen LogP contribution in [0.4, 0.5) is 15.9 Å². The number of anilines is 2. The molecule has 2 aliphatic rings. The van der Waals surface area contributed by atoms with Gasteiger partial charge in [0.25, 0.3) is 0 Å². The summed E-state index contributed by atoms with van der Waals surface area (Å²) in [4.78, 5) is 19.5. The Kier molecular flexibility index (Phi) is 5.34. The summed E-state index contributed by atoms with van der Waals surface area (Å²) in [5, 5.41) is 3.49. The van der Waals surface area contributed by atoms with Gasteiger partial charge in [-0.3, -0.25) is 4.79 Å². The summed E-state index contributed by atoms with van der Waals surface area (Å²) in [6, 6.07) is 6.41. The molecule has 0 radical (unpaired) electrons. The molecule has 1 saturated carbocycles. The van der Waals surface area contributed by atoms with E-state index in [0.29, 0.717) is 25.6 Å². The molecule has 1 aliphatic heterocycles. The smallest absolute Gasteiger partial charge is 0.242 e. The van der Waals surface area contributed by atoms with Crippen LogP contribution in [0.3, 0.4) is 0 Å². The molecule has 0 atom stereocenters. The van der Waals surface area contributed by atoms with Gasteiger partial charge in [-0.1, -0.05) is 19.3 Å². The third-order valence-electron chi connectivity index (χ3n) is 5.94. The molecule has 4 rings (SSSR count). The summed E-state index contributed by atoms with van der Waals surface area (Å²) in [6.07, 6.45) is 5.97. The molecule has 156 valence electrons. The van der Waals surface area contributed by atoms with E-state index in [4.69, 9.17) is 10.7 Å². The van der Waals surface area contributed by atoms with Gasteiger partial charge in [0.05, 0.1) is 17.8 Å². The molecule has 1 aromatic carbocycles. The third-order valence-corrected chi connectivity index (χ3v) is 5.94. The topological polar surface area (TPSA) is 76.2 Å². The number of halogens is 1. The first-order valence-electron chi connectivity index (χ1n) is 10.5. The number of imidazole rings is 1. The number of amides is 1. The summed E-state index contributed by atoms with van der Waals surface area (Å²) < 4.78 is 15.5. The van der Waals surface area contributed by atoms with Gasteiger partial charge in [0.15, 0.2) is 0 Å². The maximum absolute atomic E-state index is 13.3. The van der Waals surface area contributed by atoms with Gasteiger partial charge in [0.2, 0.25) is 5.91 Å².